The smallest absolute Gasteiger partial charge is 0.161 e. The van der Waals surface area contributed by atoms with E-state index < -0.39 is 11.2 Å². The van der Waals surface area contributed by atoms with Gasteiger partial charge in [0.15, 0.2) is 5.78 Å². The largest absolute Gasteiger partial charge is 0.390 e. The number of allylic oxidation sites excluding steroid dienone is 1. The molecule has 2 aliphatic carbocycles. The molecule has 0 aromatic rings. The minimum Gasteiger partial charge on any atom is -0.390 e. The first-order valence-electron chi connectivity index (χ1n) is 6.84. The number of aliphatic hydroxyl groups is 2. The highest BCUT2D eigenvalue weighted by Gasteiger charge is 2.49. The van der Waals surface area contributed by atoms with Crippen molar-refractivity contribution in [2.24, 2.45) is 11.8 Å². The Labute approximate surface area is 109 Å². The molecule has 0 aromatic carbocycles. The van der Waals surface area contributed by atoms with E-state index in [2.05, 4.69) is 0 Å². The highest BCUT2D eigenvalue weighted by atomic mass is 16.3. The Balaban J connectivity index is 2.41. The Bertz CT molecular complexity index is 402. The average molecular weight is 252 g/mol. The van der Waals surface area contributed by atoms with E-state index >= 15 is 0 Å². The number of hydrogen-bond donors (Lipinski definition) is 2. The number of rotatable bonds is 1. The average Bonchev–Trinajstić information content (AvgIpc) is 2.38. The van der Waals surface area contributed by atoms with Crippen LogP contribution < -0.4 is 0 Å². The molecule has 2 rings (SSSR count). The summed E-state index contributed by atoms with van der Waals surface area (Å²) in [7, 11) is 0. The molecule has 3 heteroatoms. The lowest BCUT2D eigenvalue weighted by atomic mass is 9.80. The topological polar surface area (TPSA) is 57.5 Å². The fraction of sp³-hybridized carbons (Fsp3) is 0.800. The predicted octanol–water partition coefficient (Wildman–Crippen LogP) is 2.21. The zero-order valence-electron chi connectivity index (χ0n) is 11.8. The first kappa shape index (κ1) is 13.8. The van der Waals surface area contributed by atoms with Crippen molar-refractivity contribution in [3.05, 3.63) is 11.1 Å². The summed E-state index contributed by atoms with van der Waals surface area (Å²) in [6, 6.07) is 0. The highest BCUT2D eigenvalue weighted by molar-refractivity contribution is 6.00. The minimum absolute atomic E-state index is 0.0655. The minimum atomic E-state index is -0.957. The van der Waals surface area contributed by atoms with Crippen molar-refractivity contribution in [2.45, 2.75) is 64.6 Å². The molecule has 0 radical (unpaired) electrons. The molecule has 3 nitrogen and oxygen atoms in total. The number of fused-ring (bicyclic) bond motifs is 1. The molecule has 0 amide bonds. The van der Waals surface area contributed by atoms with Gasteiger partial charge in [0, 0.05) is 6.42 Å². The number of carbonyl (C=O) groups is 1. The van der Waals surface area contributed by atoms with E-state index in [9.17, 15) is 15.0 Å². The normalized spacial score (nSPS) is 37.8. The van der Waals surface area contributed by atoms with E-state index in [0.29, 0.717) is 6.42 Å². The predicted molar refractivity (Wildman–Crippen MR) is 70.1 cm³/mol. The summed E-state index contributed by atoms with van der Waals surface area (Å²) >= 11 is 0. The Morgan fingerprint density at radius 3 is 2.50 bits per heavy atom. The van der Waals surface area contributed by atoms with Gasteiger partial charge in [-0.1, -0.05) is 6.92 Å². The third-order valence-corrected chi connectivity index (χ3v) is 5.04. The molecule has 0 aromatic heterocycles. The summed E-state index contributed by atoms with van der Waals surface area (Å²) in [5.41, 5.74) is -0.115. The van der Waals surface area contributed by atoms with Gasteiger partial charge >= 0.3 is 0 Å². The molecule has 2 N–H and O–H groups in total. The van der Waals surface area contributed by atoms with Crippen molar-refractivity contribution in [1.29, 1.82) is 0 Å². The molecule has 0 heterocycles. The number of carbonyl (C=O) groups excluding carboxylic acids is 1. The Morgan fingerprint density at radius 1 is 1.33 bits per heavy atom. The maximum absolute atomic E-state index is 11.9. The molecule has 0 bridgehead atoms. The van der Waals surface area contributed by atoms with Gasteiger partial charge in [-0.25, -0.2) is 0 Å². The Hall–Kier alpha value is -0.670. The molecule has 18 heavy (non-hydrogen) atoms. The van der Waals surface area contributed by atoms with Crippen molar-refractivity contribution in [3.8, 4) is 0 Å². The van der Waals surface area contributed by atoms with Crippen LogP contribution in [0.5, 0.6) is 0 Å². The fourth-order valence-electron chi connectivity index (χ4n) is 3.42. The quantitative estimate of drug-likeness (QED) is 0.752. The van der Waals surface area contributed by atoms with Gasteiger partial charge in [0.25, 0.3) is 0 Å². The van der Waals surface area contributed by atoms with Crippen LogP contribution in [0.25, 0.3) is 0 Å². The van der Waals surface area contributed by atoms with Gasteiger partial charge in [0.2, 0.25) is 0 Å². The van der Waals surface area contributed by atoms with Gasteiger partial charge < -0.3 is 10.2 Å². The molecule has 2 aliphatic rings. The molecule has 0 spiro atoms. The molecule has 1 saturated carbocycles. The summed E-state index contributed by atoms with van der Waals surface area (Å²) in [6.07, 6.45) is 2.63. The summed E-state index contributed by atoms with van der Waals surface area (Å²) in [6.45, 7) is 7.46. The van der Waals surface area contributed by atoms with E-state index in [4.69, 9.17) is 0 Å². The first-order valence-corrected chi connectivity index (χ1v) is 6.84. The Morgan fingerprint density at radius 2 is 1.94 bits per heavy atom. The summed E-state index contributed by atoms with van der Waals surface area (Å²) in [5.74, 6) is 0.266. The maximum atomic E-state index is 11.9. The lowest BCUT2D eigenvalue weighted by Gasteiger charge is -2.31. The van der Waals surface area contributed by atoms with Crippen LogP contribution >= 0.6 is 0 Å². The molecular weight excluding hydrogens is 228 g/mol. The van der Waals surface area contributed by atoms with Crippen LogP contribution in [-0.4, -0.2) is 27.2 Å². The van der Waals surface area contributed by atoms with E-state index in [1.54, 1.807) is 0 Å². The van der Waals surface area contributed by atoms with Gasteiger partial charge in [-0.05, 0) is 63.0 Å². The van der Waals surface area contributed by atoms with Crippen LogP contribution in [0.3, 0.4) is 0 Å². The molecule has 1 fully saturated rings. The van der Waals surface area contributed by atoms with Crippen LogP contribution in [0.4, 0.5) is 0 Å². The van der Waals surface area contributed by atoms with Crippen molar-refractivity contribution in [2.75, 3.05) is 0 Å². The van der Waals surface area contributed by atoms with E-state index in [1.165, 1.54) is 0 Å². The highest BCUT2D eigenvalue weighted by Crippen LogP contribution is 2.48. The molecule has 0 unspecified atom stereocenters. The monoisotopic (exact) mass is 252 g/mol. The Kier molecular flexibility index (Phi) is 3.19. The van der Waals surface area contributed by atoms with Crippen LogP contribution in [0.2, 0.25) is 0 Å². The van der Waals surface area contributed by atoms with Gasteiger partial charge in [-0.2, -0.15) is 0 Å². The second-order valence-electron chi connectivity index (χ2n) is 6.66. The number of ketones is 1. The maximum Gasteiger partial charge on any atom is 0.161 e. The van der Waals surface area contributed by atoms with Gasteiger partial charge in [0.1, 0.15) is 0 Å². The van der Waals surface area contributed by atoms with Crippen LogP contribution in [0, 0.1) is 11.8 Å². The van der Waals surface area contributed by atoms with E-state index in [-0.39, 0.29) is 24.0 Å². The SMILES string of the molecule is CC1=C2C[C@H](C(C)(C)O)CC[C@H](C)[C@@]2(O)CC1=O. The first-order chi connectivity index (χ1) is 8.16. The number of Topliss-reactive ketones (excluding diaryl/α,β-unsaturated/α-hetero) is 1. The lowest BCUT2D eigenvalue weighted by molar-refractivity contribution is -0.118. The number of hydrogen-bond acceptors (Lipinski definition) is 3. The standard InChI is InChI=1S/C15H24O3/c1-9-5-6-11(14(3,4)17)7-12-10(2)13(16)8-15(9,12)18/h9,11,17-18H,5-8H2,1-4H3/t9-,11+,15-/m0/s1. The zero-order chi connectivity index (χ0) is 13.7. The van der Waals surface area contributed by atoms with Crippen molar-refractivity contribution < 1.29 is 15.0 Å². The molecule has 0 aliphatic heterocycles. The molecule has 0 saturated heterocycles. The van der Waals surface area contributed by atoms with Gasteiger partial charge in [-0.3, -0.25) is 4.79 Å². The van der Waals surface area contributed by atoms with Crippen molar-refractivity contribution >= 4 is 5.78 Å². The molecule has 102 valence electrons. The van der Waals surface area contributed by atoms with E-state index in [1.807, 2.05) is 27.7 Å². The second-order valence-corrected chi connectivity index (χ2v) is 6.66. The van der Waals surface area contributed by atoms with Crippen LogP contribution in [0.1, 0.15) is 53.4 Å². The van der Waals surface area contributed by atoms with Crippen LogP contribution in [-0.2, 0) is 4.79 Å². The third kappa shape index (κ3) is 2.04. The summed E-state index contributed by atoms with van der Waals surface area (Å²) in [4.78, 5) is 11.9. The van der Waals surface area contributed by atoms with Crippen LogP contribution in [0.15, 0.2) is 11.1 Å². The second kappa shape index (κ2) is 4.17. The summed E-state index contributed by atoms with van der Waals surface area (Å²) in [5, 5.41) is 21.0. The zero-order valence-corrected chi connectivity index (χ0v) is 11.8. The van der Waals surface area contributed by atoms with E-state index in [0.717, 1.165) is 24.0 Å². The fourth-order valence-corrected chi connectivity index (χ4v) is 3.42. The summed E-state index contributed by atoms with van der Waals surface area (Å²) < 4.78 is 0. The third-order valence-electron chi connectivity index (χ3n) is 5.04. The van der Waals surface area contributed by atoms with Gasteiger partial charge in [0.05, 0.1) is 11.2 Å². The lowest BCUT2D eigenvalue weighted by Crippen LogP contribution is -2.36. The van der Waals surface area contributed by atoms with Gasteiger partial charge in [-0.15, -0.1) is 0 Å². The molecular formula is C15H24O3. The van der Waals surface area contributed by atoms with Crippen molar-refractivity contribution in [1.82, 2.24) is 0 Å². The van der Waals surface area contributed by atoms with Crippen molar-refractivity contribution in [3.63, 3.8) is 0 Å². The molecule has 3 atom stereocenters.